The lowest BCUT2D eigenvalue weighted by atomic mass is 10.2. The summed E-state index contributed by atoms with van der Waals surface area (Å²) in [6.45, 7) is 8.43. The topological polar surface area (TPSA) is 68.3 Å². The summed E-state index contributed by atoms with van der Waals surface area (Å²) in [6.07, 6.45) is -3.93. The van der Waals surface area contributed by atoms with E-state index in [-0.39, 0.29) is 17.9 Å². The Morgan fingerprint density at radius 2 is 1.64 bits per heavy atom. The van der Waals surface area contributed by atoms with Crippen molar-refractivity contribution in [3.8, 4) is 11.5 Å². The van der Waals surface area contributed by atoms with Crippen LogP contribution in [0.25, 0.3) is 0 Å². The zero-order valence-electron chi connectivity index (χ0n) is 18.9. The molecule has 33 heavy (non-hydrogen) atoms. The van der Waals surface area contributed by atoms with E-state index in [0.29, 0.717) is 35.4 Å². The minimum atomic E-state index is -4.62. The Kier molecular flexibility index (Phi) is 7.63. The molecule has 0 atom stereocenters. The van der Waals surface area contributed by atoms with E-state index in [0.717, 1.165) is 6.20 Å². The van der Waals surface area contributed by atoms with E-state index in [1.165, 1.54) is 0 Å². The maximum Gasteiger partial charge on any atom is 0.421 e. The first kappa shape index (κ1) is 24.2. The van der Waals surface area contributed by atoms with E-state index in [4.69, 9.17) is 9.47 Å². The van der Waals surface area contributed by atoms with E-state index >= 15 is 0 Å². The van der Waals surface area contributed by atoms with Gasteiger partial charge < -0.3 is 20.1 Å². The summed E-state index contributed by atoms with van der Waals surface area (Å²) in [4.78, 5) is 7.92. The fourth-order valence-electron chi connectivity index (χ4n) is 2.83. The molecule has 3 rings (SSSR count). The molecule has 9 heteroatoms. The quantitative estimate of drug-likeness (QED) is 0.366. The molecule has 0 spiro atoms. The van der Waals surface area contributed by atoms with Gasteiger partial charge in [0, 0.05) is 23.6 Å². The summed E-state index contributed by atoms with van der Waals surface area (Å²) in [7, 11) is 0. The van der Waals surface area contributed by atoms with E-state index in [9.17, 15) is 13.2 Å². The lowest BCUT2D eigenvalue weighted by molar-refractivity contribution is -0.137. The SMILES string of the molecule is CC(C)COc1ccc(Nc2ncc(C(F)(F)F)c(Nc3cccc(OC(C)C)c3)n2)cc1. The van der Waals surface area contributed by atoms with Crippen molar-refractivity contribution < 1.29 is 22.6 Å². The Morgan fingerprint density at radius 1 is 0.909 bits per heavy atom. The number of aromatic nitrogens is 2. The Balaban J connectivity index is 1.82. The van der Waals surface area contributed by atoms with Gasteiger partial charge in [0.2, 0.25) is 5.95 Å². The van der Waals surface area contributed by atoms with E-state index in [1.54, 1.807) is 48.5 Å². The van der Waals surface area contributed by atoms with Gasteiger partial charge in [-0.25, -0.2) is 4.98 Å². The molecule has 0 amide bonds. The lowest BCUT2D eigenvalue weighted by Crippen LogP contribution is -2.13. The van der Waals surface area contributed by atoms with Gasteiger partial charge in [0.25, 0.3) is 0 Å². The minimum Gasteiger partial charge on any atom is -0.493 e. The number of benzene rings is 2. The molecule has 0 saturated carbocycles. The zero-order chi connectivity index (χ0) is 24.0. The number of hydrogen-bond acceptors (Lipinski definition) is 6. The van der Waals surface area contributed by atoms with Crippen LogP contribution in [0, 0.1) is 5.92 Å². The summed E-state index contributed by atoms with van der Waals surface area (Å²) in [5.74, 6) is 1.30. The van der Waals surface area contributed by atoms with Crippen LogP contribution in [0.1, 0.15) is 33.3 Å². The molecule has 176 valence electrons. The molecule has 0 unspecified atom stereocenters. The van der Waals surface area contributed by atoms with Crippen LogP contribution in [0.2, 0.25) is 0 Å². The number of ether oxygens (including phenoxy) is 2. The van der Waals surface area contributed by atoms with Gasteiger partial charge in [-0.2, -0.15) is 18.2 Å². The molecule has 2 aromatic carbocycles. The van der Waals surface area contributed by atoms with E-state index in [2.05, 4.69) is 34.4 Å². The predicted octanol–water partition coefficient (Wildman–Crippen LogP) is 6.80. The standard InChI is InChI=1S/C24H27F3N4O2/c1-15(2)14-32-19-10-8-17(9-11-19)30-23-28-13-21(24(25,26)27)22(31-23)29-18-6-5-7-20(12-18)33-16(3)4/h5-13,15-16H,14H2,1-4H3,(H2,28,29,30,31). The maximum atomic E-state index is 13.6. The summed E-state index contributed by atoms with van der Waals surface area (Å²) >= 11 is 0. The molecule has 0 aliphatic rings. The van der Waals surface area contributed by atoms with Gasteiger partial charge in [-0.3, -0.25) is 0 Å². The third-order valence-electron chi connectivity index (χ3n) is 4.26. The Bertz CT molecular complexity index is 1050. The van der Waals surface area contributed by atoms with Gasteiger partial charge in [0.05, 0.1) is 12.7 Å². The van der Waals surface area contributed by atoms with Crippen molar-refractivity contribution in [2.75, 3.05) is 17.2 Å². The van der Waals surface area contributed by atoms with Gasteiger partial charge >= 0.3 is 6.18 Å². The molecule has 3 aromatic rings. The third kappa shape index (κ3) is 7.27. The van der Waals surface area contributed by atoms with Crippen molar-refractivity contribution in [3.05, 3.63) is 60.3 Å². The third-order valence-corrected chi connectivity index (χ3v) is 4.26. The van der Waals surface area contributed by atoms with E-state index < -0.39 is 11.7 Å². The molecule has 0 radical (unpaired) electrons. The summed E-state index contributed by atoms with van der Waals surface area (Å²) in [5.41, 5.74) is 0.0561. The van der Waals surface area contributed by atoms with Crippen molar-refractivity contribution in [3.63, 3.8) is 0 Å². The summed E-state index contributed by atoms with van der Waals surface area (Å²) in [6, 6.07) is 13.7. The predicted molar refractivity (Wildman–Crippen MR) is 123 cm³/mol. The van der Waals surface area contributed by atoms with Gasteiger partial charge in [-0.05, 0) is 56.2 Å². The van der Waals surface area contributed by atoms with Gasteiger partial charge in [-0.1, -0.05) is 19.9 Å². The highest BCUT2D eigenvalue weighted by Gasteiger charge is 2.35. The second-order valence-corrected chi connectivity index (χ2v) is 8.13. The molecule has 0 aliphatic heterocycles. The molecule has 0 aliphatic carbocycles. The van der Waals surface area contributed by atoms with Crippen molar-refractivity contribution in [2.24, 2.45) is 5.92 Å². The van der Waals surface area contributed by atoms with Crippen LogP contribution < -0.4 is 20.1 Å². The molecular formula is C24H27F3N4O2. The number of rotatable bonds is 9. The normalized spacial score (nSPS) is 11.5. The van der Waals surface area contributed by atoms with Crippen LogP contribution in [-0.4, -0.2) is 22.7 Å². The maximum absolute atomic E-state index is 13.6. The number of anilines is 4. The van der Waals surface area contributed by atoms with Crippen LogP contribution >= 0.6 is 0 Å². The largest absolute Gasteiger partial charge is 0.493 e. The van der Waals surface area contributed by atoms with Gasteiger partial charge in [-0.15, -0.1) is 0 Å². The highest BCUT2D eigenvalue weighted by atomic mass is 19.4. The Labute approximate surface area is 191 Å². The van der Waals surface area contributed by atoms with Crippen molar-refractivity contribution >= 4 is 23.1 Å². The zero-order valence-corrected chi connectivity index (χ0v) is 18.9. The number of hydrogen-bond donors (Lipinski definition) is 2. The highest BCUT2D eigenvalue weighted by molar-refractivity contribution is 5.64. The fraction of sp³-hybridized carbons (Fsp3) is 0.333. The van der Waals surface area contributed by atoms with Crippen molar-refractivity contribution in [2.45, 2.75) is 40.0 Å². The highest BCUT2D eigenvalue weighted by Crippen LogP contribution is 2.36. The molecule has 2 N–H and O–H groups in total. The van der Waals surface area contributed by atoms with Crippen LogP contribution in [0.15, 0.2) is 54.7 Å². The fourth-order valence-corrected chi connectivity index (χ4v) is 2.83. The average molecular weight is 461 g/mol. The van der Waals surface area contributed by atoms with Crippen LogP contribution in [0.5, 0.6) is 11.5 Å². The monoisotopic (exact) mass is 460 g/mol. The summed E-state index contributed by atoms with van der Waals surface area (Å²) < 4.78 is 51.9. The van der Waals surface area contributed by atoms with Gasteiger partial charge in [0.1, 0.15) is 22.9 Å². The van der Waals surface area contributed by atoms with E-state index in [1.807, 2.05) is 13.8 Å². The van der Waals surface area contributed by atoms with Crippen LogP contribution in [0.3, 0.4) is 0 Å². The molecule has 6 nitrogen and oxygen atoms in total. The van der Waals surface area contributed by atoms with Crippen molar-refractivity contribution in [1.29, 1.82) is 0 Å². The van der Waals surface area contributed by atoms with Crippen LogP contribution in [-0.2, 0) is 6.18 Å². The number of nitrogens with one attached hydrogen (secondary N) is 2. The molecule has 0 saturated heterocycles. The first-order valence-electron chi connectivity index (χ1n) is 10.6. The Morgan fingerprint density at radius 3 is 2.27 bits per heavy atom. The number of halogens is 3. The smallest absolute Gasteiger partial charge is 0.421 e. The Hall–Kier alpha value is -3.49. The molecule has 0 fully saturated rings. The molecular weight excluding hydrogens is 433 g/mol. The second-order valence-electron chi connectivity index (χ2n) is 8.13. The molecule has 1 aromatic heterocycles. The number of alkyl halides is 3. The first-order chi connectivity index (χ1) is 15.6. The first-order valence-corrected chi connectivity index (χ1v) is 10.6. The number of nitrogens with zero attached hydrogens (tertiary/aromatic N) is 2. The van der Waals surface area contributed by atoms with Crippen LogP contribution in [0.4, 0.5) is 36.3 Å². The van der Waals surface area contributed by atoms with Gasteiger partial charge in [0.15, 0.2) is 0 Å². The molecule has 1 heterocycles. The molecule has 0 bridgehead atoms. The average Bonchev–Trinajstić information content (AvgIpc) is 2.72. The second kappa shape index (κ2) is 10.4. The van der Waals surface area contributed by atoms with Crippen molar-refractivity contribution in [1.82, 2.24) is 9.97 Å². The lowest BCUT2D eigenvalue weighted by Gasteiger charge is -2.16. The summed E-state index contributed by atoms with van der Waals surface area (Å²) in [5, 5.41) is 5.67. The minimum absolute atomic E-state index is 0.0240.